The Bertz CT molecular complexity index is 1800. The van der Waals surface area contributed by atoms with Gasteiger partial charge in [-0.15, -0.1) is 0 Å². The minimum Gasteiger partial charge on any atom is -0.497 e. The Hall–Kier alpha value is -4.76. The molecule has 2 aromatic heterocycles. The molecular formula is C29H24ClN3O6. The first-order valence-electron chi connectivity index (χ1n) is 12.0. The normalized spacial score (nSPS) is 11.0. The first kappa shape index (κ1) is 25.9. The van der Waals surface area contributed by atoms with E-state index in [1.807, 2.05) is 18.2 Å². The van der Waals surface area contributed by atoms with Crippen LogP contribution in [0.4, 0.5) is 5.69 Å². The van der Waals surface area contributed by atoms with Crippen molar-refractivity contribution in [2.75, 3.05) is 19.0 Å². The van der Waals surface area contributed by atoms with Crippen LogP contribution in [0.15, 0.2) is 86.8 Å². The zero-order valence-corrected chi connectivity index (χ0v) is 22.1. The van der Waals surface area contributed by atoms with Crippen molar-refractivity contribution < 1.29 is 18.7 Å². The lowest BCUT2D eigenvalue weighted by atomic mass is 10.1. The molecule has 5 aromatic rings. The SMILES string of the molecule is COc1ccc(-c2oc3ccc(Cl)cc3c(=O)c2OCC(=O)Nc2c(C)n(C)n(-c3ccccc3)c2=O)cc1. The molecular weight excluding hydrogens is 522 g/mol. The maximum absolute atomic E-state index is 13.4. The third kappa shape index (κ3) is 4.92. The first-order chi connectivity index (χ1) is 18.8. The summed E-state index contributed by atoms with van der Waals surface area (Å²) in [6, 6.07) is 20.6. The minimum atomic E-state index is -0.618. The van der Waals surface area contributed by atoms with Crippen molar-refractivity contribution >= 4 is 34.2 Å². The van der Waals surface area contributed by atoms with Crippen LogP contribution in [-0.2, 0) is 11.8 Å². The average molecular weight is 546 g/mol. The number of para-hydroxylation sites is 1. The highest BCUT2D eigenvalue weighted by atomic mass is 35.5. The fraction of sp³-hybridized carbons (Fsp3) is 0.138. The van der Waals surface area contributed by atoms with E-state index in [2.05, 4.69) is 5.32 Å². The molecule has 1 N–H and O–H groups in total. The quantitative estimate of drug-likeness (QED) is 0.311. The second kappa shape index (κ2) is 10.5. The standard InChI is InChI=1S/C29H24ClN3O6/c1-17-25(29(36)33(32(17)2)20-7-5-4-6-8-20)31-24(34)16-38-28-26(35)22-15-19(30)11-14-23(22)39-27(28)18-9-12-21(37-3)13-10-18/h4-15H,16H2,1-3H3,(H,31,34). The van der Waals surface area contributed by atoms with Gasteiger partial charge in [-0.2, -0.15) is 0 Å². The van der Waals surface area contributed by atoms with E-state index in [4.69, 9.17) is 25.5 Å². The van der Waals surface area contributed by atoms with Crippen molar-refractivity contribution in [3.63, 3.8) is 0 Å². The summed E-state index contributed by atoms with van der Waals surface area (Å²) in [5.74, 6) is -0.00801. The molecule has 0 bridgehead atoms. The number of hydrogen-bond acceptors (Lipinski definition) is 6. The molecule has 2 heterocycles. The molecule has 0 aliphatic heterocycles. The van der Waals surface area contributed by atoms with E-state index >= 15 is 0 Å². The van der Waals surface area contributed by atoms with E-state index in [-0.39, 0.29) is 22.6 Å². The van der Waals surface area contributed by atoms with Crippen LogP contribution in [0.25, 0.3) is 28.0 Å². The Kier molecular flexibility index (Phi) is 7.00. The number of fused-ring (bicyclic) bond motifs is 1. The number of hydrogen-bond donors (Lipinski definition) is 1. The molecule has 3 aromatic carbocycles. The molecule has 0 spiro atoms. The Balaban J connectivity index is 1.47. The molecule has 39 heavy (non-hydrogen) atoms. The van der Waals surface area contributed by atoms with Gasteiger partial charge in [0, 0.05) is 17.6 Å². The van der Waals surface area contributed by atoms with E-state index < -0.39 is 23.5 Å². The van der Waals surface area contributed by atoms with Crippen LogP contribution >= 0.6 is 11.6 Å². The number of halogens is 1. The van der Waals surface area contributed by atoms with E-state index in [1.54, 1.807) is 74.3 Å². The molecule has 0 aliphatic rings. The topological polar surface area (TPSA) is 105 Å². The molecule has 0 radical (unpaired) electrons. The van der Waals surface area contributed by atoms with Crippen LogP contribution in [0.5, 0.6) is 11.5 Å². The zero-order chi connectivity index (χ0) is 27.7. The first-order valence-corrected chi connectivity index (χ1v) is 12.3. The van der Waals surface area contributed by atoms with Gasteiger partial charge in [-0.3, -0.25) is 19.1 Å². The van der Waals surface area contributed by atoms with Gasteiger partial charge in [0.25, 0.3) is 11.5 Å². The Morgan fingerprint density at radius 1 is 1.03 bits per heavy atom. The summed E-state index contributed by atoms with van der Waals surface area (Å²) in [5, 5.41) is 3.19. The molecule has 5 rings (SSSR count). The van der Waals surface area contributed by atoms with Crippen molar-refractivity contribution in [2.45, 2.75) is 6.92 Å². The number of aromatic nitrogens is 2. The molecule has 198 valence electrons. The highest BCUT2D eigenvalue weighted by Gasteiger charge is 2.22. The number of nitrogens with zero attached hydrogens (tertiary/aromatic N) is 2. The van der Waals surface area contributed by atoms with E-state index in [1.165, 1.54) is 10.7 Å². The fourth-order valence-electron chi connectivity index (χ4n) is 4.24. The van der Waals surface area contributed by atoms with E-state index in [0.29, 0.717) is 33.3 Å². The highest BCUT2D eigenvalue weighted by Crippen LogP contribution is 2.32. The molecule has 0 atom stereocenters. The van der Waals surface area contributed by atoms with Crippen LogP contribution in [0.3, 0.4) is 0 Å². The number of carbonyl (C=O) groups excluding carboxylic acids is 1. The summed E-state index contributed by atoms with van der Waals surface area (Å²) >= 11 is 6.11. The highest BCUT2D eigenvalue weighted by molar-refractivity contribution is 6.31. The third-order valence-electron chi connectivity index (χ3n) is 6.33. The summed E-state index contributed by atoms with van der Waals surface area (Å²) in [6.07, 6.45) is 0. The largest absolute Gasteiger partial charge is 0.497 e. The lowest BCUT2D eigenvalue weighted by Crippen LogP contribution is -2.26. The van der Waals surface area contributed by atoms with E-state index in [0.717, 1.165) is 0 Å². The van der Waals surface area contributed by atoms with Crippen LogP contribution in [0, 0.1) is 6.92 Å². The second-order valence-corrected chi connectivity index (χ2v) is 9.17. The predicted octanol–water partition coefficient (Wildman–Crippen LogP) is 4.94. The van der Waals surface area contributed by atoms with Crippen molar-refractivity contribution in [3.8, 4) is 28.5 Å². The van der Waals surface area contributed by atoms with Gasteiger partial charge < -0.3 is 19.2 Å². The van der Waals surface area contributed by atoms with Crippen molar-refractivity contribution in [1.29, 1.82) is 0 Å². The lowest BCUT2D eigenvalue weighted by Gasteiger charge is -2.12. The van der Waals surface area contributed by atoms with Gasteiger partial charge in [-0.1, -0.05) is 29.8 Å². The monoisotopic (exact) mass is 545 g/mol. The number of anilines is 1. The molecule has 10 heteroatoms. The molecule has 0 saturated heterocycles. The second-order valence-electron chi connectivity index (χ2n) is 8.73. The fourth-order valence-corrected chi connectivity index (χ4v) is 4.41. The number of nitrogens with one attached hydrogen (secondary N) is 1. The van der Waals surface area contributed by atoms with Gasteiger partial charge in [-0.05, 0) is 61.5 Å². The molecule has 0 aliphatic carbocycles. The minimum absolute atomic E-state index is 0.114. The molecule has 0 fully saturated rings. The Labute approximate surface area is 227 Å². The number of benzene rings is 3. The van der Waals surface area contributed by atoms with Crippen molar-refractivity contribution in [2.24, 2.45) is 7.05 Å². The van der Waals surface area contributed by atoms with Gasteiger partial charge >= 0.3 is 0 Å². The summed E-state index contributed by atoms with van der Waals surface area (Å²) in [4.78, 5) is 39.5. The summed E-state index contributed by atoms with van der Waals surface area (Å²) in [6.45, 7) is 1.18. The summed E-state index contributed by atoms with van der Waals surface area (Å²) in [7, 11) is 3.27. The van der Waals surface area contributed by atoms with Crippen molar-refractivity contribution in [3.05, 3.63) is 104 Å². The van der Waals surface area contributed by atoms with Crippen LogP contribution in [0.2, 0.25) is 5.02 Å². The Morgan fingerprint density at radius 2 is 1.74 bits per heavy atom. The molecule has 9 nitrogen and oxygen atoms in total. The van der Waals surface area contributed by atoms with Crippen molar-refractivity contribution in [1.82, 2.24) is 9.36 Å². The molecule has 1 amide bonds. The summed E-state index contributed by atoms with van der Waals surface area (Å²) < 4.78 is 20.1. The maximum atomic E-state index is 13.4. The number of rotatable bonds is 7. The van der Waals surface area contributed by atoms with Gasteiger partial charge in [0.2, 0.25) is 11.2 Å². The molecule has 0 saturated carbocycles. The smallest absolute Gasteiger partial charge is 0.295 e. The van der Waals surface area contributed by atoms with Crippen LogP contribution in [0.1, 0.15) is 5.69 Å². The van der Waals surface area contributed by atoms with Gasteiger partial charge in [0.15, 0.2) is 12.4 Å². The summed E-state index contributed by atoms with van der Waals surface area (Å²) in [5.41, 5.74) is 1.30. The van der Waals surface area contributed by atoms with E-state index in [9.17, 15) is 14.4 Å². The lowest BCUT2D eigenvalue weighted by molar-refractivity contribution is -0.118. The van der Waals surface area contributed by atoms with Crippen LogP contribution < -0.4 is 25.8 Å². The van der Waals surface area contributed by atoms with Crippen LogP contribution in [-0.4, -0.2) is 29.0 Å². The zero-order valence-electron chi connectivity index (χ0n) is 21.4. The Morgan fingerprint density at radius 3 is 2.44 bits per heavy atom. The average Bonchev–Trinajstić information content (AvgIpc) is 3.16. The van der Waals surface area contributed by atoms with Gasteiger partial charge in [0.1, 0.15) is 17.0 Å². The third-order valence-corrected chi connectivity index (χ3v) is 6.56. The number of amides is 1. The van der Waals surface area contributed by atoms with Gasteiger partial charge in [0.05, 0.1) is 23.9 Å². The number of methoxy groups -OCH3 is 1. The predicted molar refractivity (Wildman–Crippen MR) is 149 cm³/mol. The number of ether oxygens (including phenoxy) is 2. The van der Waals surface area contributed by atoms with Gasteiger partial charge in [-0.25, -0.2) is 4.68 Å². The maximum Gasteiger partial charge on any atom is 0.295 e. The number of carbonyl (C=O) groups is 1. The molecule has 0 unspecified atom stereocenters.